The van der Waals surface area contributed by atoms with Gasteiger partial charge in [0.1, 0.15) is 11.5 Å². The molecule has 3 fully saturated rings. The lowest BCUT2D eigenvalue weighted by molar-refractivity contribution is -0.141. The number of hydrogen-bond donors (Lipinski definition) is 1. The van der Waals surface area contributed by atoms with Crippen LogP contribution in [0, 0.1) is 34.5 Å². The molecular formula is C28H36F3N3O2. The molecule has 36 heavy (non-hydrogen) atoms. The highest BCUT2D eigenvalue weighted by molar-refractivity contribution is 5.90. The second-order valence-electron chi connectivity index (χ2n) is 12.1. The van der Waals surface area contributed by atoms with Crippen molar-refractivity contribution in [2.24, 2.45) is 34.5 Å². The second kappa shape index (κ2) is 8.59. The highest BCUT2D eigenvalue weighted by Gasteiger charge is 2.60. The monoisotopic (exact) mass is 503 g/mol. The quantitative estimate of drug-likeness (QED) is 0.518. The van der Waals surface area contributed by atoms with Gasteiger partial charge in [0, 0.05) is 31.0 Å². The zero-order valence-electron chi connectivity index (χ0n) is 21.5. The number of alkyl halides is 3. The highest BCUT2D eigenvalue weighted by atomic mass is 19.4. The molecule has 4 aliphatic rings. The van der Waals surface area contributed by atoms with Crippen LogP contribution in [0.5, 0.6) is 0 Å². The van der Waals surface area contributed by atoms with Gasteiger partial charge in [0.05, 0.1) is 0 Å². The van der Waals surface area contributed by atoms with Gasteiger partial charge < -0.3 is 10.2 Å². The van der Waals surface area contributed by atoms with Crippen LogP contribution in [-0.2, 0) is 15.8 Å². The van der Waals surface area contributed by atoms with Crippen molar-refractivity contribution in [3.8, 4) is 0 Å². The molecule has 5 nitrogen and oxygen atoms in total. The fraction of sp³-hybridized carbons (Fsp3) is 0.679. The van der Waals surface area contributed by atoms with Crippen molar-refractivity contribution in [2.75, 3.05) is 12.4 Å². The third-order valence-corrected chi connectivity index (χ3v) is 10.2. The van der Waals surface area contributed by atoms with E-state index < -0.39 is 11.9 Å². The number of carbonyl (C=O) groups excluding carboxylic acids is 2. The first-order chi connectivity index (χ1) is 16.8. The van der Waals surface area contributed by atoms with Crippen molar-refractivity contribution in [1.82, 2.24) is 9.88 Å². The zero-order valence-corrected chi connectivity index (χ0v) is 21.5. The zero-order chi connectivity index (χ0) is 26.0. The number of likely N-dealkylation sites (tertiary alicyclic amines) is 1. The maximum absolute atomic E-state index is 13.0. The van der Waals surface area contributed by atoms with E-state index in [-0.39, 0.29) is 34.4 Å². The van der Waals surface area contributed by atoms with E-state index in [1.165, 1.54) is 23.4 Å². The Bertz CT molecular complexity index is 1120. The summed E-state index contributed by atoms with van der Waals surface area (Å²) < 4.78 is 39.0. The van der Waals surface area contributed by atoms with Crippen LogP contribution < -0.4 is 5.32 Å². The largest absolute Gasteiger partial charge is 0.433 e. The maximum atomic E-state index is 13.0. The molecule has 8 heteroatoms. The van der Waals surface area contributed by atoms with E-state index in [1.54, 1.807) is 0 Å². The van der Waals surface area contributed by atoms with E-state index in [1.807, 2.05) is 11.9 Å². The smallest absolute Gasteiger partial charge is 0.319 e. The van der Waals surface area contributed by atoms with E-state index in [4.69, 9.17) is 0 Å². The van der Waals surface area contributed by atoms with E-state index >= 15 is 0 Å². The lowest BCUT2D eigenvalue weighted by Crippen LogP contribution is -2.54. The lowest BCUT2D eigenvalue weighted by atomic mass is 9.48. The van der Waals surface area contributed by atoms with Gasteiger partial charge in [-0.25, -0.2) is 4.98 Å². The lowest BCUT2D eigenvalue weighted by Gasteiger charge is -2.59. The molecule has 1 saturated heterocycles. The molecule has 0 unspecified atom stereocenters. The first-order valence-corrected chi connectivity index (χ1v) is 13.2. The van der Waals surface area contributed by atoms with Gasteiger partial charge in [0.15, 0.2) is 0 Å². The number of allylic oxidation sites excluding steroid dienone is 2. The predicted molar refractivity (Wildman–Crippen MR) is 130 cm³/mol. The summed E-state index contributed by atoms with van der Waals surface area (Å²) in [6, 6.07) is 3.58. The molecule has 5 rings (SSSR count). The van der Waals surface area contributed by atoms with Crippen molar-refractivity contribution >= 4 is 17.6 Å². The van der Waals surface area contributed by atoms with E-state index in [2.05, 4.69) is 31.1 Å². The number of pyridine rings is 1. The van der Waals surface area contributed by atoms with Gasteiger partial charge in [-0.1, -0.05) is 25.5 Å². The molecule has 0 radical (unpaired) electrons. The van der Waals surface area contributed by atoms with Crippen LogP contribution in [0.15, 0.2) is 29.5 Å². The fourth-order valence-electron chi connectivity index (χ4n) is 8.63. The Labute approximate surface area is 210 Å². The molecule has 1 N–H and O–H groups in total. The molecule has 2 saturated carbocycles. The van der Waals surface area contributed by atoms with Gasteiger partial charge >= 0.3 is 6.18 Å². The van der Waals surface area contributed by atoms with Crippen LogP contribution in [0.2, 0.25) is 0 Å². The summed E-state index contributed by atoms with van der Waals surface area (Å²) in [7, 11) is 1.93. The molecular weight excluding hydrogens is 467 g/mol. The van der Waals surface area contributed by atoms with Gasteiger partial charge in [0.2, 0.25) is 11.8 Å². The number of piperidine rings is 1. The molecule has 0 bridgehead atoms. The number of halogens is 3. The Hall–Kier alpha value is -2.38. The Morgan fingerprint density at radius 1 is 1.17 bits per heavy atom. The summed E-state index contributed by atoms with van der Waals surface area (Å²) >= 11 is 0. The van der Waals surface area contributed by atoms with Crippen molar-refractivity contribution in [2.45, 2.75) is 78.3 Å². The number of aromatic nitrogens is 1. The number of rotatable bonds is 3. The van der Waals surface area contributed by atoms with E-state index in [0.29, 0.717) is 30.6 Å². The summed E-state index contributed by atoms with van der Waals surface area (Å²) in [5.41, 5.74) is 1.61. The molecule has 196 valence electrons. The molecule has 2 heterocycles. The number of amides is 2. The summed E-state index contributed by atoms with van der Waals surface area (Å²) in [4.78, 5) is 30.9. The molecule has 2 amide bonds. The first kappa shape index (κ1) is 25.3. The average molecular weight is 504 g/mol. The van der Waals surface area contributed by atoms with Crippen molar-refractivity contribution in [1.29, 1.82) is 0 Å². The van der Waals surface area contributed by atoms with Crippen LogP contribution in [0.4, 0.5) is 19.0 Å². The van der Waals surface area contributed by atoms with Gasteiger partial charge in [-0.05, 0) is 86.7 Å². The molecule has 1 aliphatic heterocycles. The molecule has 3 aliphatic carbocycles. The minimum atomic E-state index is -4.55. The summed E-state index contributed by atoms with van der Waals surface area (Å²) in [5.74, 6) is 1.67. The molecule has 1 aromatic heterocycles. The second-order valence-corrected chi connectivity index (χ2v) is 12.1. The number of fused-ring (bicyclic) bond motifs is 5. The van der Waals surface area contributed by atoms with Gasteiger partial charge in [-0.15, -0.1) is 0 Å². The number of anilines is 1. The summed E-state index contributed by atoms with van der Waals surface area (Å²) in [5, 5.41) is 2.61. The van der Waals surface area contributed by atoms with Gasteiger partial charge in [-0.3, -0.25) is 9.59 Å². The Morgan fingerprint density at radius 3 is 2.64 bits per heavy atom. The third-order valence-electron chi connectivity index (χ3n) is 10.2. The number of hydrogen-bond acceptors (Lipinski definition) is 3. The predicted octanol–water partition coefficient (Wildman–Crippen LogP) is 6.42. The highest BCUT2D eigenvalue weighted by Crippen LogP contribution is 2.67. The van der Waals surface area contributed by atoms with Crippen molar-refractivity contribution in [3.05, 3.63) is 35.2 Å². The summed E-state index contributed by atoms with van der Waals surface area (Å²) in [6.07, 6.45) is 2.42. The number of carbonyl (C=O) groups is 2. The number of nitrogens with zero attached hydrogens (tertiary/aromatic N) is 2. The van der Waals surface area contributed by atoms with E-state index in [0.717, 1.165) is 44.6 Å². The van der Waals surface area contributed by atoms with Crippen LogP contribution in [0.3, 0.4) is 0 Å². The summed E-state index contributed by atoms with van der Waals surface area (Å²) in [6.45, 7) is 6.87. The Kier molecular flexibility index (Phi) is 6.03. The molecule has 1 aromatic rings. The Morgan fingerprint density at radius 2 is 1.92 bits per heavy atom. The maximum Gasteiger partial charge on any atom is 0.433 e. The SMILES string of the molecule is CC1=C2N(C)C(=O)CC[C@]2(C)[C@H]2CC[C@]3(C)[C@@H](CC(=O)Nc4cccc(C(F)(F)F)n4)CC[C@H]3[C@@H]2C1. The normalized spacial score (nSPS) is 36.3. The van der Waals surface area contributed by atoms with E-state index in [9.17, 15) is 22.8 Å². The van der Waals surface area contributed by atoms with Crippen molar-refractivity contribution < 1.29 is 22.8 Å². The minimum Gasteiger partial charge on any atom is -0.319 e. The fourth-order valence-corrected chi connectivity index (χ4v) is 8.63. The van der Waals surface area contributed by atoms with Crippen LogP contribution in [-0.4, -0.2) is 28.7 Å². The Balaban J connectivity index is 1.32. The van der Waals surface area contributed by atoms with Crippen LogP contribution in [0.25, 0.3) is 0 Å². The minimum absolute atomic E-state index is 0.0155. The standard InChI is InChI=1S/C28H36F3N3O2/c1-16-14-18-19-9-8-17(15-23(35)33-22-7-5-6-21(32-22)28(29,30)31)26(19,2)12-10-20(18)27(3)13-11-24(36)34(4)25(16)27/h5-7,17-20H,8-15H2,1-4H3,(H,32,33,35)/t17-,18+,19+,20+,26-,27-/m1/s1. The first-order valence-electron chi connectivity index (χ1n) is 13.2. The topological polar surface area (TPSA) is 62.3 Å². The number of nitrogens with one attached hydrogen (secondary N) is 1. The van der Waals surface area contributed by atoms with Crippen molar-refractivity contribution in [3.63, 3.8) is 0 Å². The average Bonchev–Trinajstić information content (AvgIpc) is 3.12. The van der Waals surface area contributed by atoms with Gasteiger partial charge in [-0.2, -0.15) is 13.2 Å². The van der Waals surface area contributed by atoms with Gasteiger partial charge in [0.25, 0.3) is 0 Å². The van der Waals surface area contributed by atoms with Crippen LogP contribution in [0.1, 0.15) is 77.8 Å². The molecule has 6 atom stereocenters. The molecule has 0 spiro atoms. The van der Waals surface area contributed by atoms with Crippen LogP contribution >= 0.6 is 0 Å². The molecule has 0 aromatic carbocycles. The third kappa shape index (κ3) is 3.95.